The molecule has 3 rings (SSSR count). The number of carbonyl (C=O) groups is 1. The van der Waals surface area contributed by atoms with Crippen LogP contribution in [-0.4, -0.2) is 42.9 Å². The number of hydrogen-bond donors (Lipinski definition) is 0. The van der Waals surface area contributed by atoms with E-state index in [1.807, 2.05) is 6.07 Å². The van der Waals surface area contributed by atoms with Crippen LogP contribution in [0.3, 0.4) is 0 Å². The molecule has 0 saturated carbocycles. The average molecular weight is 319 g/mol. The number of esters is 1. The highest BCUT2D eigenvalue weighted by Crippen LogP contribution is 2.38. The lowest BCUT2D eigenvalue weighted by Crippen LogP contribution is -2.35. The van der Waals surface area contributed by atoms with Crippen molar-refractivity contribution in [3.05, 3.63) is 46.3 Å². The topological polar surface area (TPSA) is 103 Å². The molecule has 0 amide bonds. The summed E-state index contributed by atoms with van der Waals surface area (Å²) in [5.74, 6) is -1.27. The van der Waals surface area contributed by atoms with Crippen LogP contribution in [0.4, 0.5) is 0 Å². The van der Waals surface area contributed by atoms with Crippen molar-refractivity contribution in [2.24, 2.45) is 5.11 Å². The van der Waals surface area contributed by atoms with Crippen LogP contribution in [0.5, 0.6) is 0 Å². The van der Waals surface area contributed by atoms with Gasteiger partial charge in [-0.1, -0.05) is 23.3 Å². The van der Waals surface area contributed by atoms with E-state index < -0.39 is 36.3 Å². The first-order valence-corrected chi connectivity index (χ1v) is 7.28. The van der Waals surface area contributed by atoms with E-state index in [9.17, 15) is 4.79 Å². The molecule has 1 aromatic rings. The van der Waals surface area contributed by atoms with E-state index in [-0.39, 0.29) is 6.61 Å². The van der Waals surface area contributed by atoms with Gasteiger partial charge in [-0.25, -0.2) is 4.79 Å². The first kappa shape index (κ1) is 15.8. The average Bonchev–Trinajstić information content (AvgIpc) is 2.99. The van der Waals surface area contributed by atoms with Gasteiger partial charge in [0.1, 0.15) is 18.8 Å². The monoisotopic (exact) mass is 319 g/mol. The Morgan fingerprint density at radius 3 is 2.78 bits per heavy atom. The summed E-state index contributed by atoms with van der Waals surface area (Å²) in [6.45, 7) is 3.47. The van der Waals surface area contributed by atoms with Gasteiger partial charge in [0.2, 0.25) is 0 Å². The molecule has 2 aliphatic rings. The minimum Gasteiger partial charge on any atom is -0.459 e. The zero-order chi connectivity index (χ0) is 16.4. The molecule has 4 atom stereocenters. The van der Waals surface area contributed by atoms with Crippen LogP contribution >= 0.6 is 0 Å². The lowest BCUT2D eigenvalue weighted by atomic mass is 10.1. The highest BCUT2D eigenvalue weighted by molar-refractivity contribution is 5.89. The molecule has 0 unspecified atom stereocenters. The van der Waals surface area contributed by atoms with Gasteiger partial charge in [-0.2, -0.15) is 0 Å². The molecule has 0 N–H and O–H groups in total. The van der Waals surface area contributed by atoms with E-state index in [2.05, 4.69) is 10.0 Å². The summed E-state index contributed by atoms with van der Waals surface area (Å²) in [6, 6.07) is 8.01. The van der Waals surface area contributed by atoms with Gasteiger partial charge in [0.15, 0.2) is 12.1 Å². The predicted molar refractivity (Wildman–Crippen MR) is 78.4 cm³/mol. The summed E-state index contributed by atoms with van der Waals surface area (Å²) in [6.07, 6.45) is -1.76. The van der Waals surface area contributed by atoms with Gasteiger partial charge < -0.3 is 18.9 Å². The van der Waals surface area contributed by atoms with Crippen molar-refractivity contribution in [2.75, 3.05) is 6.61 Å². The van der Waals surface area contributed by atoms with Crippen LogP contribution < -0.4 is 0 Å². The Morgan fingerprint density at radius 1 is 1.35 bits per heavy atom. The first-order chi connectivity index (χ1) is 11.0. The van der Waals surface area contributed by atoms with E-state index in [4.69, 9.17) is 24.5 Å². The molecular formula is C15H17N3O5. The Labute approximate surface area is 132 Å². The quantitative estimate of drug-likeness (QED) is 0.367. The Balaban J connectivity index is 1.64. The minimum atomic E-state index is -0.801. The molecular weight excluding hydrogens is 302 g/mol. The lowest BCUT2D eigenvalue weighted by molar-refractivity contribution is -0.209. The van der Waals surface area contributed by atoms with Gasteiger partial charge in [0, 0.05) is 4.91 Å². The second kappa shape index (κ2) is 6.17. The van der Waals surface area contributed by atoms with Crippen molar-refractivity contribution in [1.82, 2.24) is 0 Å². The number of carbonyl (C=O) groups excluding carboxylic acids is 1. The predicted octanol–water partition coefficient (Wildman–Crippen LogP) is 2.40. The third-order valence-electron chi connectivity index (χ3n) is 3.69. The Bertz CT molecular complexity index is 629. The van der Waals surface area contributed by atoms with Crippen LogP contribution in [0.1, 0.15) is 24.2 Å². The Hall–Kier alpha value is -2.12. The summed E-state index contributed by atoms with van der Waals surface area (Å²) in [4.78, 5) is 14.8. The number of hydrogen-bond acceptors (Lipinski definition) is 6. The molecule has 122 valence electrons. The van der Waals surface area contributed by atoms with Crippen molar-refractivity contribution in [3.8, 4) is 0 Å². The molecule has 2 heterocycles. The number of rotatable bonds is 4. The fourth-order valence-electron chi connectivity index (χ4n) is 2.71. The molecule has 0 aliphatic carbocycles. The molecule has 2 saturated heterocycles. The van der Waals surface area contributed by atoms with Gasteiger partial charge in [0.25, 0.3) is 0 Å². The molecule has 0 radical (unpaired) electrons. The zero-order valence-corrected chi connectivity index (χ0v) is 12.8. The lowest BCUT2D eigenvalue weighted by Gasteiger charge is -2.23. The van der Waals surface area contributed by atoms with Gasteiger partial charge in [0.05, 0.1) is 11.6 Å². The molecule has 8 heteroatoms. The van der Waals surface area contributed by atoms with Crippen LogP contribution in [0.15, 0.2) is 35.4 Å². The normalized spacial score (nSPS) is 31.2. The number of azide groups is 1. The summed E-state index contributed by atoms with van der Waals surface area (Å²) in [7, 11) is 0. The van der Waals surface area contributed by atoms with Crippen molar-refractivity contribution < 1.29 is 23.7 Å². The van der Waals surface area contributed by atoms with Gasteiger partial charge in [-0.3, -0.25) is 0 Å². The van der Waals surface area contributed by atoms with Crippen molar-refractivity contribution >= 4 is 5.97 Å². The first-order valence-electron chi connectivity index (χ1n) is 7.28. The van der Waals surface area contributed by atoms with Crippen LogP contribution in [0, 0.1) is 0 Å². The standard InChI is InChI=1S/C15H17N3O5/c1-15(2)22-12-11(17-18-16)10(21-14(12)23-15)8-20-13(19)9-6-4-3-5-7-9/h3-7,10-12,14H,8H2,1-2H3/t10-,11-,12-,14-/m1/s1. The SMILES string of the molecule is CC1(C)O[C@H]2O[C@H](COC(=O)c3ccccc3)[C@@H](N=[N+]=[N-])[C@H]2O1. The molecule has 1 aromatic carbocycles. The smallest absolute Gasteiger partial charge is 0.338 e. The molecule has 2 fully saturated rings. The maximum absolute atomic E-state index is 12.0. The molecule has 23 heavy (non-hydrogen) atoms. The largest absolute Gasteiger partial charge is 0.459 e. The third kappa shape index (κ3) is 3.30. The zero-order valence-electron chi connectivity index (χ0n) is 12.8. The number of ether oxygens (including phenoxy) is 4. The second-order valence-electron chi connectivity index (χ2n) is 5.80. The summed E-state index contributed by atoms with van der Waals surface area (Å²) >= 11 is 0. The second-order valence-corrected chi connectivity index (χ2v) is 5.80. The maximum atomic E-state index is 12.0. The number of fused-ring (bicyclic) bond motifs is 1. The molecule has 2 aliphatic heterocycles. The van der Waals surface area contributed by atoms with Crippen molar-refractivity contribution in [3.63, 3.8) is 0 Å². The highest BCUT2D eigenvalue weighted by Gasteiger charge is 2.54. The van der Waals surface area contributed by atoms with Gasteiger partial charge in [-0.15, -0.1) is 0 Å². The Kier molecular flexibility index (Phi) is 4.23. The van der Waals surface area contributed by atoms with E-state index in [1.54, 1.807) is 38.1 Å². The van der Waals surface area contributed by atoms with E-state index in [1.165, 1.54) is 0 Å². The Morgan fingerprint density at radius 2 is 2.09 bits per heavy atom. The highest BCUT2D eigenvalue weighted by atomic mass is 16.8. The maximum Gasteiger partial charge on any atom is 0.338 e. The minimum absolute atomic E-state index is 0.0441. The summed E-state index contributed by atoms with van der Waals surface area (Å²) in [5, 5.41) is 3.72. The van der Waals surface area contributed by atoms with Crippen LogP contribution in [0.25, 0.3) is 10.4 Å². The number of benzene rings is 1. The fourth-order valence-corrected chi connectivity index (χ4v) is 2.71. The van der Waals surface area contributed by atoms with Crippen molar-refractivity contribution in [1.29, 1.82) is 0 Å². The van der Waals surface area contributed by atoms with E-state index in [0.717, 1.165) is 0 Å². The van der Waals surface area contributed by atoms with Gasteiger partial charge >= 0.3 is 5.97 Å². The summed E-state index contributed by atoms with van der Waals surface area (Å²) < 4.78 is 22.2. The summed E-state index contributed by atoms with van der Waals surface area (Å²) in [5.41, 5.74) is 9.19. The van der Waals surface area contributed by atoms with Gasteiger partial charge in [-0.05, 0) is 31.5 Å². The van der Waals surface area contributed by atoms with E-state index >= 15 is 0 Å². The van der Waals surface area contributed by atoms with Crippen molar-refractivity contribution in [2.45, 2.75) is 44.2 Å². The van der Waals surface area contributed by atoms with Crippen LogP contribution in [-0.2, 0) is 18.9 Å². The molecule has 0 spiro atoms. The van der Waals surface area contributed by atoms with E-state index in [0.29, 0.717) is 5.56 Å². The molecule has 0 aromatic heterocycles. The number of nitrogens with zero attached hydrogens (tertiary/aromatic N) is 3. The van der Waals surface area contributed by atoms with Crippen LogP contribution in [0.2, 0.25) is 0 Å². The molecule has 8 nitrogen and oxygen atoms in total. The third-order valence-corrected chi connectivity index (χ3v) is 3.69. The fraction of sp³-hybridized carbons (Fsp3) is 0.533. The molecule has 0 bridgehead atoms.